The van der Waals surface area contributed by atoms with E-state index in [4.69, 9.17) is 0 Å². The number of aromatic nitrogens is 2. The SMILES string of the molecule is c1cc(-c2ccc3sc4ccc(-n5c6ccccc6c6ccccc65)cc4c3c2)cc(-c2ccc3sc4ccc(-n5c6ccccc6c6ccccc65)cc4c3c2)c1. The minimum absolute atomic E-state index is 1.19. The molecule has 0 unspecified atom stereocenters. The molecule has 4 heterocycles. The first-order chi connectivity index (χ1) is 28.7. The van der Waals surface area contributed by atoms with E-state index in [1.807, 2.05) is 22.7 Å². The highest BCUT2D eigenvalue weighted by atomic mass is 32.1. The van der Waals surface area contributed by atoms with Gasteiger partial charge in [-0.1, -0.05) is 103 Å². The predicted molar refractivity (Wildman–Crippen MR) is 252 cm³/mol. The minimum Gasteiger partial charge on any atom is -0.309 e. The first kappa shape index (κ1) is 32.1. The van der Waals surface area contributed by atoms with Crippen LogP contribution in [0.25, 0.3) is 118 Å². The lowest BCUT2D eigenvalue weighted by Gasteiger charge is -2.09. The molecule has 0 radical (unpaired) electrons. The van der Waals surface area contributed by atoms with Crippen LogP contribution in [0.3, 0.4) is 0 Å². The van der Waals surface area contributed by atoms with Crippen LogP contribution in [0, 0.1) is 0 Å². The Morgan fingerprint density at radius 1 is 0.241 bits per heavy atom. The maximum atomic E-state index is 2.42. The second kappa shape index (κ2) is 12.3. The van der Waals surface area contributed by atoms with E-state index in [0.29, 0.717) is 0 Å². The van der Waals surface area contributed by atoms with E-state index < -0.39 is 0 Å². The molecule has 13 aromatic rings. The second-order valence-corrected chi connectivity index (χ2v) is 17.5. The third kappa shape index (κ3) is 4.70. The highest BCUT2D eigenvalue weighted by Gasteiger charge is 2.16. The van der Waals surface area contributed by atoms with E-state index >= 15 is 0 Å². The van der Waals surface area contributed by atoms with Gasteiger partial charge >= 0.3 is 0 Å². The van der Waals surface area contributed by atoms with Gasteiger partial charge in [0.15, 0.2) is 0 Å². The zero-order valence-electron chi connectivity index (χ0n) is 31.2. The lowest BCUT2D eigenvalue weighted by molar-refractivity contribution is 1.19. The smallest absolute Gasteiger partial charge is 0.0541 e. The lowest BCUT2D eigenvalue weighted by atomic mass is 9.97. The van der Waals surface area contributed by atoms with Crippen molar-refractivity contribution >= 4 is 107 Å². The van der Waals surface area contributed by atoms with Crippen LogP contribution in [0.2, 0.25) is 0 Å². The molecule has 0 saturated heterocycles. The Kier molecular flexibility index (Phi) is 6.79. The Balaban J connectivity index is 0.909. The molecule has 0 bridgehead atoms. The van der Waals surface area contributed by atoms with Crippen molar-refractivity contribution < 1.29 is 0 Å². The van der Waals surface area contributed by atoms with Gasteiger partial charge in [-0.2, -0.15) is 0 Å². The van der Waals surface area contributed by atoms with Crippen LogP contribution in [0.15, 0.2) is 194 Å². The van der Waals surface area contributed by atoms with E-state index in [-0.39, 0.29) is 0 Å². The summed E-state index contributed by atoms with van der Waals surface area (Å²) in [6.45, 7) is 0. The van der Waals surface area contributed by atoms with Crippen LogP contribution < -0.4 is 0 Å². The summed E-state index contributed by atoms with van der Waals surface area (Å²) in [5.41, 5.74) is 12.2. The number of benzene rings is 9. The average molecular weight is 773 g/mol. The molecule has 0 spiro atoms. The topological polar surface area (TPSA) is 9.86 Å². The molecule has 9 aromatic carbocycles. The highest BCUT2D eigenvalue weighted by molar-refractivity contribution is 7.26. The predicted octanol–water partition coefficient (Wildman–Crippen LogP) is 16.0. The Morgan fingerprint density at radius 3 is 0.966 bits per heavy atom. The van der Waals surface area contributed by atoms with Gasteiger partial charge in [-0.15, -0.1) is 22.7 Å². The van der Waals surface area contributed by atoms with Gasteiger partial charge in [0.2, 0.25) is 0 Å². The Hall–Kier alpha value is -6.98. The molecule has 58 heavy (non-hydrogen) atoms. The fourth-order valence-electron chi connectivity index (χ4n) is 9.45. The first-order valence-electron chi connectivity index (χ1n) is 19.7. The van der Waals surface area contributed by atoms with Crippen LogP contribution in [0.5, 0.6) is 0 Å². The van der Waals surface area contributed by atoms with E-state index in [9.17, 15) is 0 Å². The Labute approximate surface area is 341 Å². The quantitative estimate of drug-likeness (QED) is 0.169. The molecule has 270 valence electrons. The van der Waals surface area contributed by atoms with Crippen LogP contribution in [0.1, 0.15) is 0 Å². The van der Waals surface area contributed by atoms with Gasteiger partial charge < -0.3 is 9.13 Å². The second-order valence-electron chi connectivity index (χ2n) is 15.3. The van der Waals surface area contributed by atoms with Gasteiger partial charge in [0, 0.05) is 73.3 Å². The van der Waals surface area contributed by atoms with Gasteiger partial charge in [-0.3, -0.25) is 0 Å². The van der Waals surface area contributed by atoms with Crippen molar-refractivity contribution in [3.8, 4) is 33.6 Å². The fraction of sp³-hybridized carbons (Fsp3) is 0. The molecule has 0 fully saturated rings. The summed E-state index contributed by atoms with van der Waals surface area (Å²) in [5, 5.41) is 10.3. The van der Waals surface area contributed by atoms with Crippen molar-refractivity contribution in [2.75, 3.05) is 0 Å². The average Bonchev–Trinajstić information content (AvgIpc) is 4.03. The van der Waals surface area contributed by atoms with E-state index in [0.717, 1.165) is 0 Å². The van der Waals surface area contributed by atoms with Crippen molar-refractivity contribution in [3.63, 3.8) is 0 Å². The summed E-state index contributed by atoms with van der Waals surface area (Å²) in [7, 11) is 0. The highest BCUT2D eigenvalue weighted by Crippen LogP contribution is 2.42. The number of hydrogen-bond donors (Lipinski definition) is 0. The number of fused-ring (bicyclic) bond motifs is 12. The van der Waals surface area contributed by atoms with E-state index in [1.165, 1.54) is 118 Å². The summed E-state index contributed by atoms with van der Waals surface area (Å²) in [6.07, 6.45) is 0. The van der Waals surface area contributed by atoms with Crippen LogP contribution in [-0.2, 0) is 0 Å². The molecule has 0 aliphatic rings. The normalized spacial score (nSPS) is 12.1. The van der Waals surface area contributed by atoms with Crippen LogP contribution in [-0.4, -0.2) is 9.13 Å². The molecule has 0 aliphatic carbocycles. The van der Waals surface area contributed by atoms with Gasteiger partial charge in [0.1, 0.15) is 0 Å². The molecule has 0 aliphatic heterocycles. The minimum atomic E-state index is 1.19. The first-order valence-corrected chi connectivity index (χ1v) is 21.4. The molecular formula is C54H32N2S2. The number of hydrogen-bond acceptors (Lipinski definition) is 2. The molecule has 2 nitrogen and oxygen atoms in total. The number of thiophene rings is 2. The fourth-order valence-corrected chi connectivity index (χ4v) is 11.6. The maximum absolute atomic E-state index is 2.42. The molecule has 0 atom stereocenters. The molecule has 4 aromatic heterocycles. The Bertz CT molecular complexity index is 3460. The lowest BCUT2D eigenvalue weighted by Crippen LogP contribution is -1.93. The summed E-state index contributed by atoms with van der Waals surface area (Å²) in [5.74, 6) is 0. The van der Waals surface area contributed by atoms with Gasteiger partial charge in [-0.25, -0.2) is 0 Å². The summed E-state index contributed by atoms with van der Waals surface area (Å²) >= 11 is 3.75. The maximum Gasteiger partial charge on any atom is 0.0541 e. The number of nitrogens with zero attached hydrogens (tertiary/aromatic N) is 2. The Morgan fingerprint density at radius 2 is 0.569 bits per heavy atom. The van der Waals surface area contributed by atoms with Gasteiger partial charge in [0.25, 0.3) is 0 Å². The van der Waals surface area contributed by atoms with Gasteiger partial charge in [-0.05, 0) is 113 Å². The summed E-state index contributed by atoms with van der Waals surface area (Å²) < 4.78 is 10.1. The third-order valence-corrected chi connectivity index (χ3v) is 14.4. The van der Waals surface area contributed by atoms with Crippen molar-refractivity contribution in [2.24, 2.45) is 0 Å². The standard InChI is InChI=1S/C54H32N2S2/c1-5-16-47-39(12-1)40-13-2-6-17-48(40)55(47)37-22-26-53-45(31-37)43-29-35(20-24-51(43)57-53)33-10-9-11-34(28-33)36-21-25-52-44(30-36)46-32-38(23-27-54(46)58-52)56-49-18-7-3-14-41(49)42-15-4-8-19-50(42)56/h1-32H. The van der Waals surface area contributed by atoms with Crippen molar-refractivity contribution in [3.05, 3.63) is 194 Å². The van der Waals surface area contributed by atoms with Crippen molar-refractivity contribution in [1.29, 1.82) is 0 Å². The third-order valence-electron chi connectivity index (χ3n) is 12.1. The van der Waals surface area contributed by atoms with E-state index in [1.54, 1.807) is 0 Å². The monoisotopic (exact) mass is 772 g/mol. The zero-order valence-corrected chi connectivity index (χ0v) is 32.8. The zero-order chi connectivity index (χ0) is 37.9. The number of para-hydroxylation sites is 4. The molecule has 4 heteroatoms. The molecule has 0 N–H and O–H groups in total. The van der Waals surface area contributed by atoms with Crippen LogP contribution >= 0.6 is 22.7 Å². The number of rotatable bonds is 4. The van der Waals surface area contributed by atoms with Gasteiger partial charge in [0.05, 0.1) is 22.1 Å². The molecule has 0 saturated carbocycles. The van der Waals surface area contributed by atoms with Crippen molar-refractivity contribution in [1.82, 2.24) is 9.13 Å². The molecular weight excluding hydrogens is 741 g/mol. The van der Waals surface area contributed by atoms with Crippen molar-refractivity contribution in [2.45, 2.75) is 0 Å². The molecule has 0 amide bonds. The summed E-state index contributed by atoms with van der Waals surface area (Å²) in [4.78, 5) is 0. The largest absolute Gasteiger partial charge is 0.309 e. The summed E-state index contributed by atoms with van der Waals surface area (Å²) in [6, 6.07) is 72.0. The van der Waals surface area contributed by atoms with Crippen LogP contribution in [0.4, 0.5) is 0 Å². The van der Waals surface area contributed by atoms with E-state index in [2.05, 4.69) is 203 Å². The molecule has 13 rings (SSSR count).